The van der Waals surface area contributed by atoms with Gasteiger partial charge in [0.15, 0.2) is 0 Å². The second kappa shape index (κ2) is 3.77. The van der Waals surface area contributed by atoms with E-state index in [9.17, 15) is 8.78 Å². The second-order valence-electron chi connectivity index (χ2n) is 3.33. The van der Waals surface area contributed by atoms with E-state index in [1.165, 1.54) is 18.3 Å². The van der Waals surface area contributed by atoms with Crippen LogP contribution in [-0.2, 0) is 0 Å². The molecule has 0 N–H and O–H groups in total. The highest BCUT2D eigenvalue weighted by Crippen LogP contribution is 2.20. The molecule has 0 amide bonds. The molecule has 0 fully saturated rings. The molecule has 0 radical (unpaired) electrons. The summed E-state index contributed by atoms with van der Waals surface area (Å²) in [6, 6.07) is 7.73. The molecule has 0 saturated heterocycles. The summed E-state index contributed by atoms with van der Waals surface area (Å²) in [6.07, 6.45) is 1.39. The highest BCUT2D eigenvalue weighted by atomic mass is 19.1. The van der Waals surface area contributed by atoms with Crippen LogP contribution < -0.4 is 0 Å². The molecule has 3 heteroatoms. The number of hydrogen-bond acceptors (Lipinski definition) is 1. The third-order valence-electron chi connectivity index (χ3n) is 2.23. The van der Waals surface area contributed by atoms with Crippen molar-refractivity contribution in [1.82, 2.24) is 4.98 Å². The van der Waals surface area contributed by atoms with Crippen LogP contribution in [0.15, 0.2) is 36.5 Å². The molecule has 76 valence electrons. The highest BCUT2D eigenvalue weighted by Gasteiger charge is 2.02. The number of halogens is 2. The van der Waals surface area contributed by atoms with E-state index in [1.54, 1.807) is 25.1 Å². The third kappa shape index (κ3) is 2.01. The molecule has 0 saturated carbocycles. The van der Waals surface area contributed by atoms with Crippen LogP contribution in [0.4, 0.5) is 8.78 Å². The first-order valence-electron chi connectivity index (χ1n) is 4.55. The van der Waals surface area contributed by atoms with Gasteiger partial charge in [-0.1, -0.05) is 12.1 Å². The van der Waals surface area contributed by atoms with E-state index >= 15 is 0 Å². The lowest BCUT2D eigenvalue weighted by molar-refractivity contribution is 0.584. The molecule has 0 aliphatic rings. The number of aryl methyl sites for hydroxylation is 1. The molecular weight excluding hydrogens is 196 g/mol. The Morgan fingerprint density at radius 3 is 2.33 bits per heavy atom. The highest BCUT2D eigenvalue weighted by molar-refractivity contribution is 5.62. The van der Waals surface area contributed by atoms with Gasteiger partial charge in [0.25, 0.3) is 0 Å². The van der Waals surface area contributed by atoms with E-state index in [2.05, 4.69) is 4.98 Å². The third-order valence-corrected chi connectivity index (χ3v) is 2.23. The zero-order valence-corrected chi connectivity index (χ0v) is 8.17. The summed E-state index contributed by atoms with van der Waals surface area (Å²) in [7, 11) is 0. The molecule has 2 rings (SSSR count). The normalized spacial score (nSPS) is 10.3. The summed E-state index contributed by atoms with van der Waals surface area (Å²) in [5.41, 5.74) is 2.00. The van der Waals surface area contributed by atoms with E-state index < -0.39 is 5.95 Å². The molecule has 15 heavy (non-hydrogen) atoms. The lowest BCUT2D eigenvalue weighted by Crippen LogP contribution is -1.86. The van der Waals surface area contributed by atoms with E-state index in [-0.39, 0.29) is 5.82 Å². The van der Waals surface area contributed by atoms with Crippen molar-refractivity contribution < 1.29 is 8.78 Å². The van der Waals surface area contributed by atoms with Crippen molar-refractivity contribution in [1.29, 1.82) is 0 Å². The lowest BCUT2D eigenvalue weighted by Gasteiger charge is -2.02. The van der Waals surface area contributed by atoms with E-state index in [0.717, 1.165) is 0 Å². The number of rotatable bonds is 1. The van der Waals surface area contributed by atoms with Crippen molar-refractivity contribution >= 4 is 0 Å². The minimum atomic E-state index is -0.536. The molecule has 1 nitrogen and oxygen atoms in total. The number of nitrogens with zero attached hydrogens (tertiary/aromatic N) is 1. The molecule has 0 atom stereocenters. The Balaban J connectivity index is 2.45. The number of pyridine rings is 1. The summed E-state index contributed by atoms with van der Waals surface area (Å²) in [5, 5.41) is 0. The smallest absolute Gasteiger partial charge is 0.212 e. The first-order valence-corrected chi connectivity index (χ1v) is 4.55. The Morgan fingerprint density at radius 2 is 1.73 bits per heavy atom. The molecule has 1 heterocycles. The first-order chi connectivity index (χ1) is 7.16. The quantitative estimate of drug-likeness (QED) is 0.650. The average Bonchev–Trinajstić information content (AvgIpc) is 2.23. The van der Waals surface area contributed by atoms with Crippen molar-refractivity contribution in [2.45, 2.75) is 6.92 Å². The zero-order chi connectivity index (χ0) is 10.8. The van der Waals surface area contributed by atoms with Gasteiger partial charge in [-0.05, 0) is 36.2 Å². The van der Waals surface area contributed by atoms with Crippen LogP contribution in [0.1, 0.15) is 5.56 Å². The molecule has 1 aromatic carbocycles. The van der Waals surface area contributed by atoms with Crippen LogP contribution in [0, 0.1) is 18.7 Å². The Kier molecular flexibility index (Phi) is 2.46. The van der Waals surface area contributed by atoms with Gasteiger partial charge in [0.1, 0.15) is 5.82 Å². The number of hydrogen-bond donors (Lipinski definition) is 0. The fraction of sp³-hybridized carbons (Fsp3) is 0.0833. The largest absolute Gasteiger partial charge is 0.228 e. The van der Waals surface area contributed by atoms with E-state index in [4.69, 9.17) is 0 Å². The van der Waals surface area contributed by atoms with E-state index in [1.807, 2.05) is 0 Å². The molecule has 0 aliphatic heterocycles. The Labute approximate surface area is 86.4 Å². The van der Waals surface area contributed by atoms with Crippen molar-refractivity contribution in [3.8, 4) is 11.1 Å². The van der Waals surface area contributed by atoms with Crippen LogP contribution >= 0.6 is 0 Å². The SMILES string of the molecule is Cc1ccc(-c2ccc(F)nc2)cc1F. The summed E-state index contributed by atoms with van der Waals surface area (Å²) in [4.78, 5) is 3.52. The van der Waals surface area contributed by atoms with Crippen LogP contribution in [0.25, 0.3) is 11.1 Å². The Hall–Kier alpha value is -1.77. The van der Waals surface area contributed by atoms with Crippen molar-refractivity contribution in [2.75, 3.05) is 0 Å². The molecule has 0 bridgehead atoms. The summed E-state index contributed by atoms with van der Waals surface area (Å²) in [6.45, 7) is 1.70. The molecule has 0 spiro atoms. The predicted octanol–water partition coefficient (Wildman–Crippen LogP) is 3.34. The topological polar surface area (TPSA) is 12.9 Å². The molecule has 2 aromatic rings. The maximum absolute atomic E-state index is 13.2. The van der Waals surface area contributed by atoms with Crippen molar-refractivity contribution in [3.05, 3.63) is 53.9 Å². The average molecular weight is 205 g/mol. The van der Waals surface area contributed by atoms with Gasteiger partial charge < -0.3 is 0 Å². The summed E-state index contributed by atoms with van der Waals surface area (Å²) < 4.78 is 25.8. The van der Waals surface area contributed by atoms with Gasteiger partial charge in [0.2, 0.25) is 5.95 Å². The Morgan fingerprint density at radius 1 is 1.00 bits per heavy atom. The molecule has 0 unspecified atom stereocenters. The maximum atomic E-state index is 13.2. The lowest BCUT2D eigenvalue weighted by atomic mass is 10.1. The van der Waals surface area contributed by atoms with Gasteiger partial charge in [0.05, 0.1) is 0 Å². The molecule has 1 aromatic heterocycles. The van der Waals surface area contributed by atoms with Crippen LogP contribution in [0.3, 0.4) is 0 Å². The fourth-order valence-corrected chi connectivity index (χ4v) is 1.32. The van der Waals surface area contributed by atoms with E-state index in [0.29, 0.717) is 16.7 Å². The monoisotopic (exact) mass is 205 g/mol. The van der Waals surface area contributed by atoms with Gasteiger partial charge >= 0.3 is 0 Å². The minimum Gasteiger partial charge on any atom is -0.228 e. The fourth-order valence-electron chi connectivity index (χ4n) is 1.32. The van der Waals surface area contributed by atoms with Crippen LogP contribution in [-0.4, -0.2) is 4.98 Å². The van der Waals surface area contributed by atoms with Crippen molar-refractivity contribution in [2.24, 2.45) is 0 Å². The van der Waals surface area contributed by atoms with Crippen LogP contribution in [0.5, 0.6) is 0 Å². The summed E-state index contributed by atoms with van der Waals surface area (Å²) >= 11 is 0. The van der Waals surface area contributed by atoms with Crippen molar-refractivity contribution in [3.63, 3.8) is 0 Å². The first kappa shape index (κ1) is 9.77. The van der Waals surface area contributed by atoms with Gasteiger partial charge in [-0.2, -0.15) is 4.39 Å². The maximum Gasteiger partial charge on any atom is 0.212 e. The van der Waals surface area contributed by atoms with Gasteiger partial charge in [-0.15, -0.1) is 0 Å². The standard InChI is InChI=1S/C12H9F2N/c1-8-2-3-9(6-11(8)13)10-4-5-12(14)15-7-10/h2-7H,1H3. The Bertz CT molecular complexity index is 477. The second-order valence-corrected chi connectivity index (χ2v) is 3.33. The molecular formula is C12H9F2N. The molecule has 0 aliphatic carbocycles. The zero-order valence-electron chi connectivity index (χ0n) is 8.17. The minimum absolute atomic E-state index is 0.267. The predicted molar refractivity (Wildman–Crippen MR) is 54.3 cm³/mol. The van der Waals surface area contributed by atoms with Gasteiger partial charge in [-0.25, -0.2) is 9.37 Å². The number of aromatic nitrogens is 1. The van der Waals surface area contributed by atoms with Crippen LogP contribution in [0.2, 0.25) is 0 Å². The summed E-state index contributed by atoms with van der Waals surface area (Å²) in [5.74, 6) is -0.803. The van der Waals surface area contributed by atoms with Gasteiger partial charge in [-0.3, -0.25) is 0 Å². The number of benzene rings is 1. The van der Waals surface area contributed by atoms with Gasteiger partial charge in [0, 0.05) is 11.8 Å².